The highest BCUT2D eigenvalue weighted by atomic mass is 16.5. The summed E-state index contributed by atoms with van der Waals surface area (Å²) in [5.41, 5.74) is 0.846. The van der Waals surface area contributed by atoms with Crippen molar-refractivity contribution in [2.75, 3.05) is 48.2 Å². The SMILES string of the molecule is COCCCCOC(=O)C1CCCCN1C(=O)C(c1cc(OC)c(OC)c(OC)c1)C1CCCCC1. The van der Waals surface area contributed by atoms with E-state index in [-0.39, 0.29) is 23.7 Å². The molecule has 0 radical (unpaired) electrons. The van der Waals surface area contributed by atoms with Crippen molar-refractivity contribution >= 4 is 11.9 Å². The van der Waals surface area contributed by atoms with Gasteiger partial charge in [0.15, 0.2) is 11.5 Å². The molecule has 1 saturated carbocycles. The molecule has 1 aliphatic heterocycles. The number of piperidine rings is 1. The van der Waals surface area contributed by atoms with E-state index >= 15 is 0 Å². The molecule has 1 aromatic carbocycles. The molecule has 8 nitrogen and oxygen atoms in total. The first-order valence-corrected chi connectivity index (χ1v) is 13.3. The number of hydrogen-bond acceptors (Lipinski definition) is 7. The van der Waals surface area contributed by atoms with E-state index < -0.39 is 6.04 Å². The van der Waals surface area contributed by atoms with Crippen molar-refractivity contribution in [1.82, 2.24) is 4.90 Å². The number of nitrogens with zero attached hydrogens (tertiary/aromatic N) is 1. The monoisotopic (exact) mass is 505 g/mol. The number of rotatable bonds is 12. The van der Waals surface area contributed by atoms with E-state index in [2.05, 4.69) is 0 Å². The molecule has 1 saturated heterocycles. The molecule has 2 unspecified atom stereocenters. The van der Waals surface area contributed by atoms with Gasteiger partial charge in [0.05, 0.1) is 33.9 Å². The molecule has 1 aromatic rings. The van der Waals surface area contributed by atoms with E-state index in [0.717, 1.165) is 56.9 Å². The molecule has 2 atom stereocenters. The zero-order valence-corrected chi connectivity index (χ0v) is 22.4. The summed E-state index contributed by atoms with van der Waals surface area (Å²) in [5.74, 6) is 1.09. The Morgan fingerprint density at radius 2 is 1.50 bits per heavy atom. The Labute approximate surface area is 215 Å². The van der Waals surface area contributed by atoms with Gasteiger partial charge in [-0.3, -0.25) is 4.79 Å². The Hall–Kier alpha value is -2.48. The van der Waals surface area contributed by atoms with Crippen LogP contribution in [0.5, 0.6) is 17.2 Å². The summed E-state index contributed by atoms with van der Waals surface area (Å²) in [7, 11) is 6.40. The molecular formula is C28H43NO7. The number of benzene rings is 1. The summed E-state index contributed by atoms with van der Waals surface area (Å²) in [5, 5.41) is 0. The van der Waals surface area contributed by atoms with Gasteiger partial charge in [0, 0.05) is 20.3 Å². The Morgan fingerprint density at radius 3 is 2.11 bits per heavy atom. The molecule has 0 bridgehead atoms. The molecule has 36 heavy (non-hydrogen) atoms. The third-order valence-electron chi connectivity index (χ3n) is 7.48. The Morgan fingerprint density at radius 1 is 0.861 bits per heavy atom. The molecule has 202 valence electrons. The largest absolute Gasteiger partial charge is 0.493 e. The average molecular weight is 506 g/mol. The predicted molar refractivity (Wildman–Crippen MR) is 137 cm³/mol. The van der Waals surface area contributed by atoms with Crippen molar-refractivity contribution in [3.63, 3.8) is 0 Å². The first-order valence-electron chi connectivity index (χ1n) is 13.3. The third-order valence-corrected chi connectivity index (χ3v) is 7.48. The fourth-order valence-electron chi connectivity index (χ4n) is 5.60. The van der Waals surface area contributed by atoms with Gasteiger partial charge in [-0.1, -0.05) is 19.3 Å². The average Bonchev–Trinajstić information content (AvgIpc) is 2.92. The van der Waals surface area contributed by atoms with Crippen LogP contribution in [0.3, 0.4) is 0 Å². The van der Waals surface area contributed by atoms with Crippen molar-refractivity contribution in [3.8, 4) is 17.2 Å². The first-order chi connectivity index (χ1) is 17.5. The minimum atomic E-state index is -0.540. The van der Waals surface area contributed by atoms with Crippen molar-refractivity contribution in [2.24, 2.45) is 5.92 Å². The lowest BCUT2D eigenvalue weighted by Crippen LogP contribution is -2.51. The lowest BCUT2D eigenvalue weighted by atomic mass is 9.75. The van der Waals surface area contributed by atoms with Gasteiger partial charge in [0.25, 0.3) is 0 Å². The van der Waals surface area contributed by atoms with Crippen LogP contribution in [-0.4, -0.2) is 71.0 Å². The number of carbonyl (C=O) groups excluding carboxylic acids is 2. The van der Waals surface area contributed by atoms with Crippen LogP contribution in [0.25, 0.3) is 0 Å². The van der Waals surface area contributed by atoms with Gasteiger partial charge < -0.3 is 28.6 Å². The predicted octanol–water partition coefficient (Wildman–Crippen LogP) is 4.73. The minimum Gasteiger partial charge on any atom is -0.493 e. The van der Waals surface area contributed by atoms with E-state index in [1.165, 1.54) is 6.42 Å². The molecule has 0 aromatic heterocycles. The first kappa shape index (κ1) is 28.1. The highest BCUT2D eigenvalue weighted by molar-refractivity contribution is 5.89. The summed E-state index contributed by atoms with van der Waals surface area (Å²) in [6.07, 6.45) is 9.37. The number of unbranched alkanes of at least 4 members (excludes halogenated alkanes) is 1. The molecule has 1 aliphatic carbocycles. The van der Waals surface area contributed by atoms with Gasteiger partial charge >= 0.3 is 5.97 Å². The Bertz CT molecular complexity index is 827. The number of carbonyl (C=O) groups is 2. The van der Waals surface area contributed by atoms with E-state index in [1.54, 1.807) is 33.3 Å². The molecular weight excluding hydrogens is 462 g/mol. The molecule has 0 N–H and O–H groups in total. The zero-order chi connectivity index (χ0) is 25.9. The fourth-order valence-corrected chi connectivity index (χ4v) is 5.60. The normalized spacial score (nSPS) is 19.4. The number of methoxy groups -OCH3 is 4. The van der Waals surface area contributed by atoms with E-state index in [1.807, 2.05) is 12.1 Å². The maximum absolute atomic E-state index is 14.3. The molecule has 2 fully saturated rings. The van der Waals surface area contributed by atoms with Crippen LogP contribution in [0.2, 0.25) is 0 Å². The zero-order valence-electron chi connectivity index (χ0n) is 22.4. The van der Waals surface area contributed by atoms with Gasteiger partial charge in [-0.25, -0.2) is 4.79 Å². The molecule has 0 spiro atoms. The smallest absolute Gasteiger partial charge is 0.328 e. The Balaban J connectivity index is 1.89. The minimum absolute atomic E-state index is 0.00259. The van der Waals surface area contributed by atoms with Gasteiger partial charge in [-0.15, -0.1) is 0 Å². The van der Waals surface area contributed by atoms with Crippen LogP contribution in [0.4, 0.5) is 0 Å². The van der Waals surface area contributed by atoms with Crippen LogP contribution in [0.1, 0.15) is 75.7 Å². The van der Waals surface area contributed by atoms with Crippen LogP contribution >= 0.6 is 0 Å². The molecule has 1 heterocycles. The van der Waals surface area contributed by atoms with Crippen molar-refractivity contribution < 1.29 is 33.3 Å². The van der Waals surface area contributed by atoms with Crippen LogP contribution in [0.15, 0.2) is 12.1 Å². The number of hydrogen-bond donors (Lipinski definition) is 0. The van der Waals surface area contributed by atoms with Crippen LogP contribution in [-0.2, 0) is 19.1 Å². The second-order valence-corrected chi connectivity index (χ2v) is 9.75. The van der Waals surface area contributed by atoms with E-state index in [9.17, 15) is 9.59 Å². The third kappa shape index (κ3) is 6.84. The van der Waals surface area contributed by atoms with Crippen molar-refractivity contribution in [3.05, 3.63) is 17.7 Å². The maximum atomic E-state index is 14.3. The summed E-state index contributed by atoms with van der Waals surface area (Å²) in [4.78, 5) is 29.1. The second kappa shape index (κ2) is 14.3. The van der Waals surface area contributed by atoms with Crippen LogP contribution < -0.4 is 14.2 Å². The molecule has 3 rings (SSSR count). The number of ether oxygens (including phenoxy) is 5. The lowest BCUT2D eigenvalue weighted by molar-refractivity contribution is -0.158. The lowest BCUT2D eigenvalue weighted by Gasteiger charge is -2.39. The highest BCUT2D eigenvalue weighted by Crippen LogP contribution is 2.45. The molecule has 8 heteroatoms. The van der Waals surface area contributed by atoms with Crippen molar-refractivity contribution in [2.45, 2.75) is 76.2 Å². The van der Waals surface area contributed by atoms with Crippen LogP contribution in [0, 0.1) is 5.92 Å². The van der Waals surface area contributed by atoms with E-state index in [0.29, 0.717) is 43.4 Å². The number of amides is 1. The van der Waals surface area contributed by atoms with E-state index in [4.69, 9.17) is 23.7 Å². The standard InChI is InChI=1S/C28H43NO7/c1-32-16-10-11-17-36-28(31)22-14-8-9-15-29(22)27(30)25(20-12-6-5-7-13-20)21-18-23(33-2)26(35-4)24(19-21)34-3/h18-20,22,25H,5-17H2,1-4H3. The van der Waals surface area contributed by atoms with Gasteiger partial charge in [-0.05, 0) is 68.6 Å². The Kier molecular flexibility index (Phi) is 11.2. The second-order valence-electron chi connectivity index (χ2n) is 9.75. The van der Waals surface area contributed by atoms with Gasteiger partial charge in [-0.2, -0.15) is 0 Å². The number of likely N-dealkylation sites (tertiary alicyclic amines) is 1. The fraction of sp³-hybridized carbons (Fsp3) is 0.714. The highest BCUT2D eigenvalue weighted by Gasteiger charge is 2.40. The molecule has 1 amide bonds. The van der Waals surface area contributed by atoms with Gasteiger partial charge in [0.2, 0.25) is 11.7 Å². The summed E-state index contributed by atoms with van der Waals surface area (Å²) in [6.45, 7) is 1.55. The summed E-state index contributed by atoms with van der Waals surface area (Å²) in [6, 6.07) is 3.25. The van der Waals surface area contributed by atoms with Crippen molar-refractivity contribution in [1.29, 1.82) is 0 Å². The topological polar surface area (TPSA) is 83.5 Å². The summed E-state index contributed by atoms with van der Waals surface area (Å²) >= 11 is 0. The quantitative estimate of drug-likeness (QED) is 0.300. The summed E-state index contributed by atoms with van der Waals surface area (Å²) < 4.78 is 27.4. The van der Waals surface area contributed by atoms with Gasteiger partial charge in [0.1, 0.15) is 6.04 Å². The number of esters is 1. The molecule has 2 aliphatic rings. The maximum Gasteiger partial charge on any atom is 0.328 e.